The molecule has 0 radical (unpaired) electrons. The Hall–Kier alpha value is -1.66. The van der Waals surface area contributed by atoms with Crippen LogP contribution in [0.3, 0.4) is 0 Å². The van der Waals surface area contributed by atoms with Crippen LogP contribution >= 0.6 is 15.9 Å². The van der Waals surface area contributed by atoms with Gasteiger partial charge in [0.2, 0.25) is 0 Å². The topological polar surface area (TPSA) is 47.4 Å². The summed E-state index contributed by atoms with van der Waals surface area (Å²) < 4.78 is 8.61. The Kier molecular flexibility index (Phi) is 3.50. The van der Waals surface area contributed by atoms with Gasteiger partial charge in [-0.05, 0) is 33.5 Å². The number of carbonyl (C=O) groups is 1. The summed E-state index contributed by atoms with van der Waals surface area (Å²) >= 11 is 3.39. The summed E-state index contributed by atoms with van der Waals surface area (Å²) in [6.07, 6.45) is 4.14. The molecular formula is C16H16BrN3O2. The summed E-state index contributed by atoms with van der Waals surface area (Å²) in [6.45, 7) is 1.99. The van der Waals surface area contributed by atoms with Gasteiger partial charge >= 0.3 is 0 Å². The van der Waals surface area contributed by atoms with Crippen molar-refractivity contribution in [3.8, 4) is 0 Å². The molecule has 1 atom stereocenters. The number of rotatable bonds is 2. The van der Waals surface area contributed by atoms with Crippen molar-refractivity contribution in [1.82, 2.24) is 14.7 Å². The highest BCUT2D eigenvalue weighted by Crippen LogP contribution is 2.32. The van der Waals surface area contributed by atoms with Crippen molar-refractivity contribution >= 4 is 21.8 Å². The Balaban J connectivity index is 1.46. The minimum atomic E-state index is -0.449. The van der Waals surface area contributed by atoms with Crippen molar-refractivity contribution in [3.63, 3.8) is 0 Å². The van der Waals surface area contributed by atoms with E-state index in [1.54, 1.807) is 6.20 Å². The van der Waals surface area contributed by atoms with Gasteiger partial charge < -0.3 is 9.64 Å². The first kappa shape index (κ1) is 14.0. The van der Waals surface area contributed by atoms with Crippen LogP contribution in [0.15, 0.2) is 41.1 Å². The van der Waals surface area contributed by atoms with Crippen molar-refractivity contribution < 1.29 is 9.53 Å². The molecule has 5 nitrogen and oxygen atoms in total. The number of ether oxygens (including phenoxy) is 1. The Labute approximate surface area is 137 Å². The van der Waals surface area contributed by atoms with Gasteiger partial charge in [0.1, 0.15) is 0 Å². The molecule has 1 fully saturated rings. The molecule has 0 saturated carbocycles. The van der Waals surface area contributed by atoms with E-state index in [2.05, 4.69) is 27.1 Å². The molecule has 2 aromatic rings. The smallest absolute Gasteiger partial charge is 0.256 e. The van der Waals surface area contributed by atoms with Crippen molar-refractivity contribution in [2.75, 3.05) is 19.7 Å². The number of hydrogen-bond donors (Lipinski definition) is 0. The molecule has 0 bridgehead atoms. The third-order valence-corrected chi connectivity index (χ3v) is 4.75. The Morgan fingerprint density at radius 2 is 2.14 bits per heavy atom. The fraction of sp³-hybridized carbons (Fsp3) is 0.375. The SMILES string of the molecule is O=C(C1OCCc2ccccc21)N1CC(n2cc(Br)cn2)C1. The molecule has 1 saturated heterocycles. The van der Waals surface area contributed by atoms with Crippen LogP contribution in [0.1, 0.15) is 23.3 Å². The van der Waals surface area contributed by atoms with Gasteiger partial charge in [-0.2, -0.15) is 5.10 Å². The first-order valence-electron chi connectivity index (χ1n) is 7.40. The third-order valence-electron chi connectivity index (χ3n) is 4.34. The van der Waals surface area contributed by atoms with Crippen LogP contribution < -0.4 is 0 Å². The molecule has 1 amide bonds. The number of carbonyl (C=O) groups excluding carboxylic acids is 1. The summed E-state index contributed by atoms with van der Waals surface area (Å²) in [6, 6.07) is 8.32. The molecule has 4 rings (SSSR count). The van der Waals surface area contributed by atoms with E-state index in [0.29, 0.717) is 19.7 Å². The van der Waals surface area contributed by atoms with E-state index in [9.17, 15) is 4.79 Å². The largest absolute Gasteiger partial charge is 0.363 e. The average Bonchev–Trinajstić information content (AvgIpc) is 2.91. The lowest BCUT2D eigenvalue weighted by atomic mass is 9.95. The lowest BCUT2D eigenvalue weighted by Crippen LogP contribution is -2.53. The molecular weight excluding hydrogens is 346 g/mol. The van der Waals surface area contributed by atoms with E-state index >= 15 is 0 Å². The van der Waals surface area contributed by atoms with Gasteiger partial charge in [-0.3, -0.25) is 9.48 Å². The van der Waals surface area contributed by atoms with Crippen LogP contribution in [-0.4, -0.2) is 40.3 Å². The fourth-order valence-electron chi connectivity index (χ4n) is 3.08. The van der Waals surface area contributed by atoms with Crippen molar-refractivity contribution in [1.29, 1.82) is 0 Å². The molecule has 114 valence electrons. The summed E-state index contributed by atoms with van der Waals surface area (Å²) in [5, 5.41) is 4.28. The lowest BCUT2D eigenvalue weighted by molar-refractivity contribution is -0.151. The first-order valence-corrected chi connectivity index (χ1v) is 8.19. The van der Waals surface area contributed by atoms with Crippen LogP contribution in [-0.2, 0) is 16.0 Å². The number of likely N-dealkylation sites (tertiary alicyclic amines) is 1. The standard InChI is InChI=1S/C16H16BrN3O2/c17-12-7-18-20(8-12)13-9-19(10-13)16(21)15-14-4-2-1-3-11(14)5-6-22-15/h1-4,7-8,13,15H,5-6,9-10H2. The van der Waals surface area contributed by atoms with Crippen LogP contribution in [0, 0.1) is 0 Å². The molecule has 1 unspecified atom stereocenters. The second-order valence-corrected chi connectivity index (χ2v) is 6.65. The number of benzene rings is 1. The number of amides is 1. The Morgan fingerprint density at radius 1 is 1.32 bits per heavy atom. The van der Waals surface area contributed by atoms with Gasteiger partial charge in [0.15, 0.2) is 6.10 Å². The van der Waals surface area contributed by atoms with Crippen LogP contribution in [0.4, 0.5) is 0 Å². The molecule has 6 heteroatoms. The minimum Gasteiger partial charge on any atom is -0.363 e. The van der Waals surface area contributed by atoms with Gasteiger partial charge in [-0.1, -0.05) is 24.3 Å². The number of nitrogens with zero attached hydrogens (tertiary/aromatic N) is 3. The van der Waals surface area contributed by atoms with E-state index < -0.39 is 6.10 Å². The van der Waals surface area contributed by atoms with Gasteiger partial charge in [-0.25, -0.2) is 0 Å². The van der Waals surface area contributed by atoms with E-state index in [1.165, 1.54) is 5.56 Å². The fourth-order valence-corrected chi connectivity index (χ4v) is 3.38. The molecule has 3 heterocycles. The third kappa shape index (κ3) is 2.36. The maximum atomic E-state index is 12.7. The second kappa shape index (κ2) is 5.52. The maximum absolute atomic E-state index is 12.7. The summed E-state index contributed by atoms with van der Waals surface area (Å²) in [4.78, 5) is 14.5. The van der Waals surface area contributed by atoms with E-state index in [1.807, 2.05) is 34.0 Å². The highest BCUT2D eigenvalue weighted by Gasteiger charge is 2.38. The normalized spacial score (nSPS) is 21.3. The van der Waals surface area contributed by atoms with Gasteiger partial charge in [0, 0.05) is 19.3 Å². The quantitative estimate of drug-likeness (QED) is 0.824. The van der Waals surface area contributed by atoms with E-state index in [0.717, 1.165) is 16.5 Å². The zero-order valence-corrected chi connectivity index (χ0v) is 13.6. The number of halogens is 1. The molecule has 22 heavy (non-hydrogen) atoms. The predicted molar refractivity (Wildman–Crippen MR) is 84.4 cm³/mol. The highest BCUT2D eigenvalue weighted by molar-refractivity contribution is 9.10. The average molecular weight is 362 g/mol. The zero-order chi connectivity index (χ0) is 15.1. The van der Waals surface area contributed by atoms with Crippen LogP contribution in [0.2, 0.25) is 0 Å². The van der Waals surface area contributed by atoms with E-state index in [4.69, 9.17) is 4.74 Å². The molecule has 0 spiro atoms. The Bertz CT molecular complexity index is 709. The number of fused-ring (bicyclic) bond motifs is 1. The minimum absolute atomic E-state index is 0.0645. The van der Waals surface area contributed by atoms with Crippen LogP contribution in [0.25, 0.3) is 0 Å². The molecule has 2 aliphatic rings. The second-order valence-electron chi connectivity index (χ2n) is 5.74. The van der Waals surface area contributed by atoms with E-state index in [-0.39, 0.29) is 11.9 Å². The first-order chi connectivity index (χ1) is 10.7. The summed E-state index contributed by atoms with van der Waals surface area (Å²) in [7, 11) is 0. The zero-order valence-electron chi connectivity index (χ0n) is 12.0. The lowest BCUT2D eigenvalue weighted by Gasteiger charge is -2.41. The Morgan fingerprint density at radius 3 is 2.91 bits per heavy atom. The molecule has 1 aromatic heterocycles. The monoisotopic (exact) mass is 361 g/mol. The van der Waals surface area contributed by atoms with Gasteiger partial charge in [-0.15, -0.1) is 0 Å². The summed E-state index contributed by atoms with van der Waals surface area (Å²) in [5.41, 5.74) is 2.24. The molecule has 0 aliphatic carbocycles. The number of hydrogen-bond acceptors (Lipinski definition) is 3. The molecule has 0 N–H and O–H groups in total. The van der Waals surface area contributed by atoms with Crippen molar-refractivity contribution in [2.45, 2.75) is 18.6 Å². The number of aromatic nitrogens is 2. The van der Waals surface area contributed by atoms with Crippen LogP contribution in [0.5, 0.6) is 0 Å². The molecule has 2 aliphatic heterocycles. The van der Waals surface area contributed by atoms with Gasteiger partial charge in [0.25, 0.3) is 5.91 Å². The van der Waals surface area contributed by atoms with Gasteiger partial charge in [0.05, 0.1) is 23.3 Å². The maximum Gasteiger partial charge on any atom is 0.256 e. The summed E-state index contributed by atoms with van der Waals surface area (Å²) in [5.74, 6) is 0.0645. The molecule has 1 aromatic carbocycles. The van der Waals surface area contributed by atoms with Crippen molar-refractivity contribution in [2.24, 2.45) is 0 Å². The predicted octanol–water partition coefficient (Wildman–Crippen LogP) is 2.34. The van der Waals surface area contributed by atoms with Crippen molar-refractivity contribution in [3.05, 3.63) is 52.3 Å². The highest BCUT2D eigenvalue weighted by atomic mass is 79.9.